The van der Waals surface area contributed by atoms with Gasteiger partial charge in [-0.3, -0.25) is 0 Å². The van der Waals surface area contributed by atoms with E-state index in [4.69, 9.17) is 4.84 Å². The SMILES string of the molecule is CCN1CCC(c2ccc(N3CCC(=NOC)CC3)cc2)C1. The Bertz CT molecular complexity index is 502. The average Bonchev–Trinajstić information content (AvgIpc) is 3.05. The molecular weight excluding hydrogens is 274 g/mol. The third-order valence-electron chi connectivity index (χ3n) is 5.01. The predicted molar refractivity (Wildman–Crippen MR) is 91.8 cm³/mol. The molecule has 1 aromatic rings. The van der Waals surface area contributed by atoms with Crippen molar-refractivity contribution >= 4 is 11.4 Å². The Hall–Kier alpha value is -1.55. The summed E-state index contributed by atoms with van der Waals surface area (Å²) >= 11 is 0. The number of likely N-dealkylation sites (tertiary alicyclic amines) is 1. The molecule has 1 aromatic carbocycles. The molecule has 2 aliphatic heterocycles. The number of rotatable bonds is 4. The van der Waals surface area contributed by atoms with Crippen LogP contribution in [0.5, 0.6) is 0 Å². The standard InChI is InChI=1S/C18H27N3O/c1-3-20-11-8-16(14-20)15-4-6-18(7-5-15)21-12-9-17(10-13-21)19-22-2/h4-7,16H,3,8-14H2,1-2H3. The zero-order valence-electron chi connectivity index (χ0n) is 13.8. The number of hydrogen-bond donors (Lipinski definition) is 0. The van der Waals surface area contributed by atoms with Crippen molar-refractivity contribution in [1.82, 2.24) is 4.90 Å². The van der Waals surface area contributed by atoms with Gasteiger partial charge in [0, 0.05) is 38.2 Å². The molecule has 2 fully saturated rings. The first-order chi connectivity index (χ1) is 10.8. The highest BCUT2D eigenvalue weighted by molar-refractivity contribution is 5.86. The summed E-state index contributed by atoms with van der Waals surface area (Å²) in [6.07, 6.45) is 3.31. The lowest BCUT2D eigenvalue weighted by Gasteiger charge is -2.29. The van der Waals surface area contributed by atoms with E-state index in [0.717, 1.165) is 31.8 Å². The number of nitrogens with zero attached hydrogens (tertiary/aromatic N) is 3. The number of piperidine rings is 1. The highest BCUT2D eigenvalue weighted by Gasteiger charge is 2.23. The highest BCUT2D eigenvalue weighted by atomic mass is 16.6. The molecule has 0 spiro atoms. The monoisotopic (exact) mass is 301 g/mol. The average molecular weight is 301 g/mol. The van der Waals surface area contributed by atoms with Crippen molar-refractivity contribution in [3.63, 3.8) is 0 Å². The van der Waals surface area contributed by atoms with E-state index in [1.165, 1.54) is 43.0 Å². The van der Waals surface area contributed by atoms with Gasteiger partial charge in [0.05, 0.1) is 5.71 Å². The van der Waals surface area contributed by atoms with E-state index in [1.807, 2.05) is 0 Å². The Morgan fingerprint density at radius 2 is 1.86 bits per heavy atom. The maximum atomic E-state index is 4.88. The van der Waals surface area contributed by atoms with Crippen molar-refractivity contribution in [2.45, 2.75) is 32.1 Å². The maximum absolute atomic E-state index is 4.88. The van der Waals surface area contributed by atoms with Crippen molar-refractivity contribution < 1.29 is 4.84 Å². The quantitative estimate of drug-likeness (QED) is 0.800. The Balaban J connectivity index is 1.59. The van der Waals surface area contributed by atoms with Crippen LogP contribution in [0.4, 0.5) is 5.69 Å². The van der Waals surface area contributed by atoms with Crippen molar-refractivity contribution in [3.05, 3.63) is 29.8 Å². The van der Waals surface area contributed by atoms with Crippen LogP contribution < -0.4 is 4.90 Å². The lowest BCUT2D eigenvalue weighted by atomic mass is 9.98. The van der Waals surface area contributed by atoms with Crippen LogP contribution in [0.3, 0.4) is 0 Å². The van der Waals surface area contributed by atoms with E-state index in [2.05, 4.69) is 46.1 Å². The smallest absolute Gasteiger partial charge is 0.106 e. The van der Waals surface area contributed by atoms with Gasteiger partial charge in [-0.2, -0.15) is 0 Å². The zero-order chi connectivity index (χ0) is 15.4. The first-order valence-corrected chi connectivity index (χ1v) is 8.46. The topological polar surface area (TPSA) is 28.1 Å². The van der Waals surface area contributed by atoms with Crippen LogP contribution in [-0.2, 0) is 4.84 Å². The third kappa shape index (κ3) is 3.43. The summed E-state index contributed by atoms with van der Waals surface area (Å²) < 4.78 is 0. The Kier molecular flexibility index (Phi) is 4.98. The molecule has 4 heteroatoms. The lowest BCUT2D eigenvalue weighted by molar-refractivity contribution is 0.211. The van der Waals surface area contributed by atoms with Crippen LogP contribution in [0.1, 0.15) is 37.7 Å². The van der Waals surface area contributed by atoms with E-state index in [-0.39, 0.29) is 0 Å². The molecule has 3 rings (SSSR count). The number of benzene rings is 1. The molecule has 2 aliphatic rings. The molecule has 1 atom stereocenters. The van der Waals surface area contributed by atoms with E-state index >= 15 is 0 Å². The minimum Gasteiger partial charge on any atom is -0.399 e. The van der Waals surface area contributed by atoms with E-state index in [9.17, 15) is 0 Å². The molecule has 0 radical (unpaired) electrons. The van der Waals surface area contributed by atoms with E-state index in [0.29, 0.717) is 0 Å². The van der Waals surface area contributed by atoms with Gasteiger partial charge >= 0.3 is 0 Å². The summed E-state index contributed by atoms with van der Waals surface area (Å²) in [7, 11) is 1.63. The normalized spacial score (nSPS) is 22.9. The fraction of sp³-hybridized carbons (Fsp3) is 0.611. The van der Waals surface area contributed by atoms with Crippen molar-refractivity contribution in [2.24, 2.45) is 5.16 Å². The Morgan fingerprint density at radius 1 is 1.14 bits per heavy atom. The maximum Gasteiger partial charge on any atom is 0.106 e. The second kappa shape index (κ2) is 7.14. The minimum absolute atomic E-state index is 0.718. The lowest BCUT2D eigenvalue weighted by Crippen LogP contribution is -2.33. The largest absolute Gasteiger partial charge is 0.399 e. The van der Waals surface area contributed by atoms with Crippen molar-refractivity contribution in [1.29, 1.82) is 0 Å². The predicted octanol–water partition coefficient (Wildman–Crippen LogP) is 3.10. The number of hydrogen-bond acceptors (Lipinski definition) is 4. The second-order valence-electron chi connectivity index (χ2n) is 6.30. The first kappa shape index (κ1) is 15.3. The summed E-state index contributed by atoms with van der Waals surface area (Å²) in [5.41, 5.74) is 4.02. The van der Waals surface area contributed by atoms with Crippen LogP contribution in [-0.4, -0.2) is 50.4 Å². The molecule has 2 heterocycles. The number of oxime groups is 1. The summed E-state index contributed by atoms with van der Waals surface area (Å²) in [4.78, 5) is 9.87. The summed E-state index contributed by atoms with van der Waals surface area (Å²) in [6.45, 7) is 7.97. The first-order valence-electron chi connectivity index (χ1n) is 8.46. The molecule has 0 amide bonds. The molecule has 0 aliphatic carbocycles. The van der Waals surface area contributed by atoms with E-state index in [1.54, 1.807) is 7.11 Å². The van der Waals surface area contributed by atoms with Crippen molar-refractivity contribution in [2.75, 3.05) is 44.7 Å². The molecule has 120 valence electrons. The molecule has 22 heavy (non-hydrogen) atoms. The van der Waals surface area contributed by atoms with Crippen LogP contribution in [0, 0.1) is 0 Å². The fourth-order valence-corrected chi connectivity index (χ4v) is 3.59. The Morgan fingerprint density at radius 3 is 2.45 bits per heavy atom. The molecule has 2 saturated heterocycles. The molecule has 0 N–H and O–H groups in total. The summed E-state index contributed by atoms with van der Waals surface area (Å²) in [5.74, 6) is 0.718. The highest BCUT2D eigenvalue weighted by Crippen LogP contribution is 2.29. The fourth-order valence-electron chi connectivity index (χ4n) is 3.59. The molecule has 0 saturated carbocycles. The molecule has 4 nitrogen and oxygen atoms in total. The number of likely N-dealkylation sites (N-methyl/N-ethyl adjacent to an activating group) is 1. The summed E-state index contributed by atoms with van der Waals surface area (Å²) in [5, 5.41) is 4.08. The van der Waals surface area contributed by atoms with E-state index < -0.39 is 0 Å². The van der Waals surface area contributed by atoms with Crippen LogP contribution in [0.2, 0.25) is 0 Å². The van der Waals surface area contributed by atoms with Crippen LogP contribution in [0.25, 0.3) is 0 Å². The Labute approximate surface area is 133 Å². The zero-order valence-corrected chi connectivity index (χ0v) is 13.8. The minimum atomic E-state index is 0.718. The van der Waals surface area contributed by atoms with Gasteiger partial charge in [-0.1, -0.05) is 24.2 Å². The van der Waals surface area contributed by atoms with Gasteiger partial charge in [0.25, 0.3) is 0 Å². The molecule has 1 unspecified atom stereocenters. The number of anilines is 1. The van der Waals surface area contributed by atoms with Gasteiger partial charge in [-0.15, -0.1) is 0 Å². The molecule has 0 aromatic heterocycles. The summed E-state index contributed by atoms with van der Waals surface area (Å²) in [6, 6.07) is 9.25. The third-order valence-corrected chi connectivity index (χ3v) is 5.01. The van der Waals surface area contributed by atoms with Gasteiger partial charge in [0.15, 0.2) is 0 Å². The van der Waals surface area contributed by atoms with Crippen LogP contribution in [0.15, 0.2) is 29.4 Å². The van der Waals surface area contributed by atoms with Gasteiger partial charge in [-0.05, 0) is 43.1 Å². The second-order valence-corrected chi connectivity index (χ2v) is 6.30. The van der Waals surface area contributed by atoms with Gasteiger partial charge in [0.1, 0.15) is 7.11 Å². The molecule has 0 bridgehead atoms. The van der Waals surface area contributed by atoms with Gasteiger partial charge in [0.2, 0.25) is 0 Å². The van der Waals surface area contributed by atoms with Crippen molar-refractivity contribution in [3.8, 4) is 0 Å². The van der Waals surface area contributed by atoms with Gasteiger partial charge < -0.3 is 14.6 Å². The molecular formula is C18H27N3O. The van der Waals surface area contributed by atoms with Crippen LogP contribution >= 0.6 is 0 Å². The van der Waals surface area contributed by atoms with Gasteiger partial charge in [-0.25, -0.2) is 0 Å².